The molecule has 5 rings (SSSR count). The summed E-state index contributed by atoms with van der Waals surface area (Å²) in [6.07, 6.45) is 0. The van der Waals surface area contributed by atoms with Crippen LogP contribution in [0.4, 0.5) is 5.13 Å². The van der Waals surface area contributed by atoms with Crippen molar-refractivity contribution in [3.63, 3.8) is 0 Å². The molecule has 40 heavy (non-hydrogen) atoms. The maximum atomic E-state index is 13.6. The molecule has 1 fully saturated rings. The van der Waals surface area contributed by atoms with Gasteiger partial charge in [0.1, 0.15) is 17.3 Å². The van der Waals surface area contributed by atoms with Gasteiger partial charge in [-0.25, -0.2) is 4.98 Å². The van der Waals surface area contributed by atoms with Gasteiger partial charge in [0.15, 0.2) is 16.6 Å². The van der Waals surface area contributed by atoms with Crippen molar-refractivity contribution in [2.24, 2.45) is 0 Å². The number of carbonyl (C=O) groups excluding carboxylic acids is 2. The van der Waals surface area contributed by atoms with Crippen molar-refractivity contribution < 1.29 is 33.6 Å². The van der Waals surface area contributed by atoms with Crippen molar-refractivity contribution in [3.8, 4) is 23.0 Å². The molecule has 9 nitrogen and oxygen atoms in total. The summed E-state index contributed by atoms with van der Waals surface area (Å²) in [4.78, 5) is 33.2. The molecule has 1 aliphatic rings. The first kappa shape index (κ1) is 27.0. The van der Waals surface area contributed by atoms with Gasteiger partial charge in [-0.2, -0.15) is 0 Å². The van der Waals surface area contributed by atoms with Crippen LogP contribution in [0.1, 0.15) is 31.0 Å². The normalized spacial score (nSPS) is 16.4. The molecule has 4 aromatic rings. The molecule has 1 amide bonds. The van der Waals surface area contributed by atoms with Crippen LogP contribution in [0, 0.1) is 0 Å². The molecule has 0 bridgehead atoms. The number of hydrogen-bond donors (Lipinski definition) is 1. The zero-order valence-electron chi connectivity index (χ0n) is 22.5. The Morgan fingerprint density at radius 3 is 2.45 bits per heavy atom. The zero-order valence-corrected chi connectivity index (χ0v) is 23.3. The number of fused-ring (bicyclic) bond motifs is 1. The van der Waals surface area contributed by atoms with Crippen molar-refractivity contribution in [1.82, 2.24) is 4.98 Å². The molecular weight excluding hydrogens is 532 g/mol. The highest BCUT2D eigenvalue weighted by Gasteiger charge is 2.48. The minimum Gasteiger partial charge on any atom is -0.507 e. The van der Waals surface area contributed by atoms with E-state index in [1.807, 2.05) is 19.9 Å². The summed E-state index contributed by atoms with van der Waals surface area (Å²) < 4.78 is 22.9. The number of aliphatic hydroxyl groups excluding tert-OH is 1. The van der Waals surface area contributed by atoms with Crippen molar-refractivity contribution in [2.45, 2.75) is 19.9 Å². The summed E-state index contributed by atoms with van der Waals surface area (Å²) in [5.41, 5.74) is 1.47. The number of aromatic nitrogens is 1. The Bertz CT molecular complexity index is 1630. The van der Waals surface area contributed by atoms with Crippen LogP contribution in [0.5, 0.6) is 23.0 Å². The Labute approximate surface area is 235 Å². The van der Waals surface area contributed by atoms with Crippen molar-refractivity contribution in [1.29, 1.82) is 0 Å². The number of benzene rings is 3. The van der Waals surface area contributed by atoms with E-state index in [0.717, 1.165) is 4.70 Å². The zero-order chi connectivity index (χ0) is 28.4. The van der Waals surface area contributed by atoms with Crippen molar-refractivity contribution in [2.75, 3.05) is 32.3 Å². The van der Waals surface area contributed by atoms with E-state index in [1.54, 1.807) is 61.7 Å². The van der Waals surface area contributed by atoms with Gasteiger partial charge < -0.3 is 24.1 Å². The van der Waals surface area contributed by atoms with Crippen LogP contribution in [-0.2, 0) is 9.59 Å². The maximum absolute atomic E-state index is 13.6. The van der Waals surface area contributed by atoms with Gasteiger partial charge in [-0.05, 0) is 61.9 Å². The number of rotatable bonds is 9. The van der Waals surface area contributed by atoms with Gasteiger partial charge >= 0.3 is 5.91 Å². The van der Waals surface area contributed by atoms with Crippen molar-refractivity contribution >= 4 is 44.1 Å². The van der Waals surface area contributed by atoms with E-state index in [2.05, 4.69) is 4.98 Å². The molecule has 1 aliphatic heterocycles. The molecule has 0 radical (unpaired) electrons. The molecule has 0 saturated carbocycles. The third-order valence-electron chi connectivity index (χ3n) is 6.46. The number of anilines is 1. The summed E-state index contributed by atoms with van der Waals surface area (Å²) in [5, 5.41) is 11.8. The fraction of sp³-hybridized carbons (Fsp3) is 0.233. The highest BCUT2D eigenvalue weighted by atomic mass is 32.1. The Kier molecular flexibility index (Phi) is 7.61. The molecule has 10 heteroatoms. The number of nitrogens with zero attached hydrogens (tertiary/aromatic N) is 2. The van der Waals surface area contributed by atoms with E-state index in [4.69, 9.17) is 18.9 Å². The molecule has 0 spiro atoms. The number of ketones is 1. The summed E-state index contributed by atoms with van der Waals surface area (Å²) in [6, 6.07) is 16.3. The third kappa shape index (κ3) is 4.82. The lowest BCUT2D eigenvalue weighted by atomic mass is 9.95. The lowest BCUT2D eigenvalue weighted by Crippen LogP contribution is -2.29. The SMILES string of the molecule is CCOc1cccc(/C(O)=C2\C(=O)C(=O)N(c3nc4ccc(OC)cc4s3)C2c2ccc(OCC)c(OC)c2)c1. The first-order valence-electron chi connectivity index (χ1n) is 12.7. The molecule has 1 aromatic heterocycles. The minimum absolute atomic E-state index is 0.0679. The van der Waals surface area contributed by atoms with E-state index in [1.165, 1.54) is 23.3 Å². The monoisotopic (exact) mass is 560 g/mol. The number of hydrogen-bond acceptors (Lipinski definition) is 9. The highest BCUT2D eigenvalue weighted by Crippen LogP contribution is 2.46. The molecule has 206 valence electrons. The van der Waals surface area contributed by atoms with Gasteiger partial charge in [-0.1, -0.05) is 29.5 Å². The molecular formula is C30H28N2O7S. The molecule has 2 heterocycles. The number of Topliss-reactive ketones (excluding diaryl/α,β-unsaturated/α-hetero) is 1. The van der Waals surface area contributed by atoms with E-state index in [-0.39, 0.29) is 11.3 Å². The molecule has 0 aliphatic carbocycles. The van der Waals surface area contributed by atoms with Gasteiger partial charge in [0.05, 0.1) is 49.3 Å². The van der Waals surface area contributed by atoms with Gasteiger partial charge in [0, 0.05) is 5.56 Å². The lowest BCUT2D eigenvalue weighted by Gasteiger charge is -2.24. The van der Waals surface area contributed by atoms with E-state index in [9.17, 15) is 14.7 Å². The predicted octanol–water partition coefficient (Wildman–Crippen LogP) is 5.74. The Morgan fingerprint density at radius 2 is 1.73 bits per heavy atom. The van der Waals surface area contributed by atoms with E-state index in [0.29, 0.717) is 58.0 Å². The number of amides is 1. The lowest BCUT2D eigenvalue weighted by molar-refractivity contribution is -0.132. The number of methoxy groups -OCH3 is 2. The van der Waals surface area contributed by atoms with Crippen LogP contribution in [0.3, 0.4) is 0 Å². The van der Waals surface area contributed by atoms with E-state index < -0.39 is 17.7 Å². The van der Waals surface area contributed by atoms with Gasteiger partial charge in [0.2, 0.25) is 0 Å². The quantitative estimate of drug-likeness (QED) is 0.157. The molecule has 1 unspecified atom stereocenters. The Morgan fingerprint density at radius 1 is 0.925 bits per heavy atom. The molecule has 3 aromatic carbocycles. The van der Waals surface area contributed by atoms with Crippen LogP contribution < -0.4 is 23.8 Å². The summed E-state index contributed by atoms with van der Waals surface area (Å²) in [6.45, 7) is 4.58. The number of thiazole rings is 1. The Balaban J connectivity index is 1.72. The summed E-state index contributed by atoms with van der Waals surface area (Å²) in [5.74, 6) is 0.176. The maximum Gasteiger partial charge on any atom is 0.301 e. The smallest absolute Gasteiger partial charge is 0.301 e. The van der Waals surface area contributed by atoms with E-state index >= 15 is 0 Å². The van der Waals surface area contributed by atoms with Crippen LogP contribution in [0.25, 0.3) is 16.0 Å². The number of carbonyl (C=O) groups is 2. The third-order valence-corrected chi connectivity index (χ3v) is 7.47. The molecule has 1 atom stereocenters. The van der Waals surface area contributed by atoms with Crippen LogP contribution in [-0.4, -0.2) is 49.2 Å². The topological polar surface area (TPSA) is 107 Å². The number of ether oxygens (including phenoxy) is 4. The van der Waals surface area contributed by atoms with Gasteiger partial charge in [0.25, 0.3) is 5.78 Å². The van der Waals surface area contributed by atoms with Gasteiger partial charge in [-0.3, -0.25) is 14.5 Å². The predicted molar refractivity (Wildman–Crippen MR) is 153 cm³/mol. The second-order valence-corrected chi connectivity index (χ2v) is 9.81. The largest absolute Gasteiger partial charge is 0.507 e. The second-order valence-electron chi connectivity index (χ2n) is 8.80. The standard InChI is InChI=1S/C30H28N2O7S/c1-5-38-20-9-7-8-18(14-20)27(33)25-26(17-10-13-22(39-6-2)23(15-17)37-4)32(29(35)28(25)34)30-31-21-12-11-19(36-3)16-24(21)40-30/h7-16,26,33H,5-6H2,1-4H3/b27-25+. The van der Waals surface area contributed by atoms with Gasteiger partial charge in [-0.15, -0.1) is 0 Å². The first-order chi connectivity index (χ1) is 19.4. The van der Waals surface area contributed by atoms with Crippen LogP contribution in [0.15, 0.2) is 66.2 Å². The summed E-state index contributed by atoms with van der Waals surface area (Å²) in [7, 11) is 3.08. The van der Waals surface area contributed by atoms with Crippen LogP contribution in [0.2, 0.25) is 0 Å². The fourth-order valence-corrected chi connectivity index (χ4v) is 5.67. The first-order valence-corrected chi connectivity index (χ1v) is 13.5. The second kappa shape index (κ2) is 11.3. The number of aliphatic hydroxyl groups is 1. The minimum atomic E-state index is -0.984. The van der Waals surface area contributed by atoms with Crippen LogP contribution >= 0.6 is 11.3 Å². The average molecular weight is 561 g/mol. The fourth-order valence-electron chi connectivity index (χ4n) is 4.65. The highest BCUT2D eigenvalue weighted by molar-refractivity contribution is 7.22. The average Bonchev–Trinajstić information content (AvgIpc) is 3.50. The Hall–Kier alpha value is -4.57. The summed E-state index contributed by atoms with van der Waals surface area (Å²) >= 11 is 1.25. The molecule has 1 saturated heterocycles. The van der Waals surface area contributed by atoms with Crippen molar-refractivity contribution in [3.05, 3.63) is 77.4 Å². The molecule has 1 N–H and O–H groups in total.